The molecule has 0 spiro atoms. The molecule has 1 amide bonds. The Kier molecular flexibility index (Phi) is 3.27. The van der Waals surface area contributed by atoms with Crippen molar-refractivity contribution in [3.8, 4) is 11.1 Å². The van der Waals surface area contributed by atoms with Crippen molar-refractivity contribution in [3.05, 3.63) is 83.3 Å². The average Bonchev–Trinajstić information content (AvgIpc) is 3.22. The van der Waals surface area contributed by atoms with Gasteiger partial charge in [0.15, 0.2) is 0 Å². The minimum absolute atomic E-state index is 0.0823. The van der Waals surface area contributed by atoms with Crippen LogP contribution in [-0.2, 0) is 6.42 Å². The number of carbonyl (C=O) groups excluding carboxylic acids is 1. The van der Waals surface area contributed by atoms with Gasteiger partial charge in [-0.3, -0.25) is 4.79 Å². The Bertz CT molecular complexity index is 865. The van der Waals surface area contributed by atoms with E-state index in [2.05, 4.69) is 29.6 Å². The number of benzene rings is 2. The summed E-state index contributed by atoms with van der Waals surface area (Å²) in [6.07, 6.45) is 2.56. The third-order valence-electron chi connectivity index (χ3n) is 4.38. The first-order valence-electron chi connectivity index (χ1n) is 7.78. The molecular formula is C20H17NO2. The highest BCUT2D eigenvalue weighted by atomic mass is 16.3. The van der Waals surface area contributed by atoms with Gasteiger partial charge in [-0.15, -0.1) is 0 Å². The van der Waals surface area contributed by atoms with Crippen LogP contribution in [0.3, 0.4) is 0 Å². The van der Waals surface area contributed by atoms with Gasteiger partial charge in [-0.1, -0.05) is 30.3 Å². The van der Waals surface area contributed by atoms with E-state index >= 15 is 0 Å². The lowest BCUT2D eigenvalue weighted by atomic mass is 10.0. The highest BCUT2D eigenvalue weighted by Crippen LogP contribution is 2.36. The molecule has 1 aliphatic carbocycles. The van der Waals surface area contributed by atoms with Crippen LogP contribution >= 0.6 is 0 Å². The van der Waals surface area contributed by atoms with E-state index in [0.717, 1.165) is 12.2 Å². The molecule has 1 unspecified atom stereocenters. The Hall–Kier alpha value is -2.81. The first kappa shape index (κ1) is 13.8. The smallest absolute Gasteiger partial charge is 0.251 e. The molecule has 0 aliphatic heterocycles. The van der Waals surface area contributed by atoms with Gasteiger partial charge >= 0.3 is 0 Å². The zero-order valence-electron chi connectivity index (χ0n) is 12.9. The van der Waals surface area contributed by atoms with Gasteiger partial charge in [-0.25, -0.2) is 0 Å². The maximum Gasteiger partial charge on any atom is 0.251 e. The van der Waals surface area contributed by atoms with Gasteiger partial charge in [-0.2, -0.15) is 0 Å². The Morgan fingerprint density at radius 3 is 2.70 bits per heavy atom. The zero-order valence-corrected chi connectivity index (χ0v) is 12.9. The second-order valence-electron chi connectivity index (χ2n) is 5.92. The number of nitrogens with one attached hydrogen (secondary N) is 1. The highest BCUT2D eigenvalue weighted by molar-refractivity contribution is 5.96. The molecule has 0 radical (unpaired) electrons. The van der Waals surface area contributed by atoms with E-state index in [0.29, 0.717) is 5.56 Å². The maximum absolute atomic E-state index is 12.5. The summed E-state index contributed by atoms with van der Waals surface area (Å²) in [6, 6.07) is 17.8. The van der Waals surface area contributed by atoms with Crippen LogP contribution in [-0.4, -0.2) is 5.91 Å². The van der Waals surface area contributed by atoms with Gasteiger partial charge in [0.1, 0.15) is 5.76 Å². The van der Waals surface area contributed by atoms with E-state index in [-0.39, 0.29) is 11.9 Å². The molecule has 23 heavy (non-hydrogen) atoms. The molecule has 1 aliphatic rings. The van der Waals surface area contributed by atoms with Crippen LogP contribution in [0.1, 0.15) is 40.2 Å². The number of carbonyl (C=O) groups is 1. The summed E-state index contributed by atoms with van der Waals surface area (Å²) >= 11 is 0. The van der Waals surface area contributed by atoms with Crippen LogP contribution in [0.25, 0.3) is 11.1 Å². The third kappa shape index (κ3) is 2.44. The predicted molar refractivity (Wildman–Crippen MR) is 89.3 cm³/mol. The molecule has 1 aromatic heterocycles. The number of furan rings is 1. The summed E-state index contributed by atoms with van der Waals surface area (Å²) in [5, 5.41) is 2.98. The number of hydrogen-bond acceptors (Lipinski definition) is 2. The highest BCUT2D eigenvalue weighted by Gasteiger charge is 2.20. The van der Waals surface area contributed by atoms with Crippen LogP contribution in [0.4, 0.5) is 0 Å². The standard InChI is InChI=1S/C20H17NO2/c1-13(19-7-4-10-23-19)21-20(22)16-9-8-15-11-14-5-2-3-6-17(14)18(15)12-16/h2-10,12-13H,11H2,1H3,(H,21,22). The summed E-state index contributed by atoms with van der Waals surface area (Å²) in [7, 11) is 0. The largest absolute Gasteiger partial charge is 0.467 e. The van der Waals surface area contributed by atoms with Crippen molar-refractivity contribution in [3.63, 3.8) is 0 Å². The minimum Gasteiger partial charge on any atom is -0.467 e. The van der Waals surface area contributed by atoms with E-state index in [1.165, 1.54) is 22.3 Å². The Morgan fingerprint density at radius 2 is 1.87 bits per heavy atom. The third-order valence-corrected chi connectivity index (χ3v) is 4.38. The monoisotopic (exact) mass is 303 g/mol. The van der Waals surface area contributed by atoms with Crippen LogP contribution in [0, 0.1) is 0 Å². The van der Waals surface area contributed by atoms with E-state index < -0.39 is 0 Å². The van der Waals surface area contributed by atoms with Gasteiger partial charge in [-0.05, 0) is 59.9 Å². The quantitative estimate of drug-likeness (QED) is 0.611. The van der Waals surface area contributed by atoms with Crippen LogP contribution < -0.4 is 5.32 Å². The van der Waals surface area contributed by atoms with Crippen LogP contribution in [0.5, 0.6) is 0 Å². The van der Waals surface area contributed by atoms with Crippen molar-refractivity contribution >= 4 is 5.91 Å². The summed E-state index contributed by atoms with van der Waals surface area (Å²) < 4.78 is 5.34. The first-order valence-corrected chi connectivity index (χ1v) is 7.78. The zero-order chi connectivity index (χ0) is 15.8. The molecule has 3 aromatic rings. The fraction of sp³-hybridized carbons (Fsp3) is 0.150. The summed E-state index contributed by atoms with van der Waals surface area (Å²) in [5.74, 6) is 0.672. The number of rotatable bonds is 3. The van der Waals surface area contributed by atoms with Crippen molar-refractivity contribution in [2.75, 3.05) is 0 Å². The number of amides is 1. The van der Waals surface area contributed by atoms with Gasteiger partial charge in [0, 0.05) is 5.56 Å². The molecule has 2 aromatic carbocycles. The van der Waals surface area contributed by atoms with Gasteiger partial charge in [0.05, 0.1) is 12.3 Å². The number of hydrogen-bond donors (Lipinski definition) is 1. The van der Waals surface area contributed by atoms with Gasteiger partial charge in [0.25, 0.3) is 5.91 Å². The van der Waals surface area contributed by atoms with Gasteiger partial charge in [0.2, 0.25) is 0 Å². The minimum atomic E-state index is -0.155. The normalized spacial score (nSPS) is 13.3. The van der Waals surface area contributed by atoms with Crippen molar-refractivity contribution in [2.45, 2.75) is 19.4 Å². The molecule has 0 saturated carbocycles. The molecule has 1 atom stereocenters. The van der Waals surface area contributed by atoms with Crippen molar-refractivity contribution in [2.24, 2.45) is 0 Å². The fourth-order valence-electron chi connectivity index (χ4n) is 3.15. The van der Waals surface area contributed by atoms with E-state index in [9.17, 15) is 4.79 Å². The Morgan fingerprint density at radius 1 is 1.04 bits per heavy atom. The predicted octanol–water partition coefficient (Wildman–Crippen LogP) is 4.34. The maximum atomic E-state index is 12.5. The van der Waals surface area contributed by atoms with Crippen LogP contribution in [0.15, 0.2) is 65.3 Å². The SMILES string of the molecule is CC(NC(=O)c1ccc2c(c1)-c1ccccc1C2)c1ccco1. The molecule has 1 heterocycles. The molecule has 3 nitrogen and oxygen atoms in total. The second kappa shape index (κ2) is 5.43. The second-order valence-corrected chi connectivity index (χ2v) is 5.92. The van der Waals surface area contributed by atoms with E-state index in [4.69, 9.17) is 4.42 Å². The molecule has 0 bridgehead atoms. The van der Waals surface area contributed by atoms with Crippen molar-refractivity contribution in [1.82, 2.24) is 5.32 Å². The van der Waals surface area contributed by atoms with E-state index in [1.54, 1.807) is 6.26 Å². The molecule has 0 fully saturated rings. The summed E-state index contributed by atoms with van der Waals surface area (Å²) in [4.78, 5) is 12.5. The molecule has 4 rings (SSSR count). The number of fused-ring (bicyclic) bond motifs is 3. The molecular weight excluding hydrogens is 286 g/mol. The first-order chi connectivity index (χ1) is 11.2. The Balaban J connectivity index is 1.61. The lowest BCUT2D eigenvalue weighted by Gasteiger charge is -2.12. The van der Waals surface area contributed by atoms with Gasteiger partial charge < -0.3 is 9.73 Å². The lowest BCUT2D eigenvalue weighted by Crippen LogP contribution is -2.26. The van der Waals surface area contributed by atoms with E-state index in [1.807, 2.05) is 37.3 Å². The van der Waals surface area contributed by atoms with Crippen LogP contribution in [0.2, 0.25) is 0 Å². The molecule has 0 saturated heterocycles. The fourth-order valence-corrected chi connectivity index (χ4v) is 3.15. The molecule has 114 valence electrons. The van der Waals surface area contributed by atoms with Crippen molar-refractivity contribution < 1.29 is 9.21 Å². The summed E-state index contributed by atoms with van der Waals surface area (Å²) in [6.45, 7) is 1.92. The Labute approximate surface area is 135 Å². The molecule has 3 heteroatoms. The average molecular weight is 303 g/mol. The van der Waals surface area contributed by atoms with Crippen molar-refractivity contribution in [1.29, 1.82) is 0 Å². The molecule has 1 N–H and O–H groups in total. The summed E-state index contributed by atoms with van der Waals surface area (Å²) in [5.41, 5.74) is 5.68. The lowest BCUT2D eigenvalue weighted by molar-refractivity contribution is 0.0935. The topological polar surface area (TPSA) is 42.2 Å².